The van der Waals surface area contributed by atoms with E-state index in [0.29, 0.717) is 34.6 Å². The molecule has 2 N–H and O–H groups in total. The number of aromatic nitrogens is 2. The van der Waals surface area contributed by atoms with Gasteiger partial charge in [0.2, 0.25) is 0 Å². The van der Waals surface area contributed by atoms with Crippen LogP contribution in [-0.2, 0) is 0 Å². The van der Waals surface area contributed by atoms with Gasteiger partial charge in [-0.3, -0.25) is 4.79 Å². The number of hydrogen-bond donors (Lipinski definition) is 2. The van der Waals surface area contributed by atoms with E-state index in [-0.39, 0.29) is 11.6 Å². The highest BCUT2D eigenvalue weighted by atomic mass is 35.5. The number of methoxy groups -OCH3 is 2. The number of ether oxygens (including phenoxy) is 2. The van der Waals surface area contributed by atoms with E-state index in [9.17, 15) is 4.79 Å². The second-order valence-corrected chi connectivity index (χ2v) is 5.99. The Hall–Kier alpha value is -2.54. The average Bonchev–Trinajstić information content (AvgIpc) is 2.66. The summed E-state index contributed by atoms with van der Waals surface area (Å²) >= 11 is 6.10. The van der Waals surface area contributed by atoms with E-state index in [1.807, 2.05) is 0 Å². The van der Waals surface area contributed by atoms with Crippen LogP contribution in [0, 0.1) is 0 Å². The maximum Gasteiger partial charge on any atom is 0.271 e. The minimum atomic E-state index is -0.231. The zero-order valence-corrected chi connectivity index (χ0v) is 15.9. The quantitative estimate of drug-likeness (QED) is 0.645. The van der Waals surface area contributed by atoms with Crippen molar-refractivity contribution in [2.75, 3.05) is 26.1 Å². The van der Waals surface area contributed by atoms with Crippen molar-refractivity contribution in [1.29, 1.82) is 0 Å². The van der Waals surface area contributed by atoms with Gasteiger partial charge in [-0.05, 0) is 18.6 Å². The summed E-state index contributed by atoms with van der Waals surface area (Å²) in [4.78, 5) is 12.0. The lowest BCUT2D eigenvalue weighted by Gasteiger charge is -2.13. The Morgan fingerprint density at radius 2 is 1.88 bits per heavy atom. The number of nitrogens with one attached hydrogen (secondary N) is 2. The standard InChI is InChI=1S/C18H23ClN4O3/c1-4-5-6-9-20-18(24)13-7-8-17(23-22-13)21-14-11-15(25-2)12(19)10-16(14)26-3/h7-8,10-11H,4-6,9H2,1-3H3,(H,20,24)(H,21,23). The van der Waals surface area contributed by atoms with Gasteiger partial charge in [0.1, 0.15) is 11.5 Å². The van der Waals surface area contributed by atoms with Crippen LogP contribution in [0.1, 0.15) is 36.7 Å². The Morgan fingerprint density at radius 1 is 1.12 bits per heavy atom. The van der Waals surface area contributed by atoms with Crippen molar-refractivity contribution in [3.8, 4) is 11.5 Å². The summed E-state index contributed by atoms with van der Waals surface area (Å²) < 4.78 is 10.5. The topological polar surface area (TPSA) is 85.4 Å². The largest absolute Gasteiger partial charge is 0.495 e. The first-order valence-electron chi connectivity index (χ1n) is 8.39. The predicted molar refractivity (Wildman–Crippen MR) is 102 cm³/mol. The molecule has 1 heterocycles. The minimum absolute atomic E-state index is 0.231. The highest BCUT2D eigenvalue weighted by molar-refractivity contribution is 6.32. The number of hydrogen-bond acceptors (Lipinski definition) is 6. The Kier molecular flexibility index (Phi) is 7.47. The van der Waals surface area contributed by atoms with Gasteiger partial charge in [-0.15, -0.1) is 10.2 Å². The molecule has 26 heavy (non-hydrogen) atoms. The van der Waals surface area contributed by atoms with Crippen LogP contribution >= 0.6 is 11.6 Å². The molecule has 8 heteroatoms. The van der Waals surface area contributed by atoms with E-state index in [1.54, 1.807) is 31.4 Å². The first-order chi connectivity index (χ1) is 12.6. The molecule has 2 aromatic rings. The van der Waals surface area contributed by atoms with Gasteiger partial charge in [0.05, 0.1) is 24.9 Å². The van der Waals surface area contributed by atoms with Crippen molar-refractivity contribution in [1.82, 2.24) is 15.5 Å². The number of unbranched alkanes of at least 4 members (excludes halogenated alkanes) is 2. The Balaban J connectivity index is 2.06. The van der Waals surface area contributed by atoms with Gasteiger partial charge in [-0.1, -0.05) is 31.4 Å². The number of benzene rings is 1. The lowest BCUT2D eigenvalue weighted by atomic mass is 10.2. The maximum atomic E-state index is 12.0. The van der Waals surface area contributed by atoms with E-state index in [4.69, 9.17) is 21.1 Å². The molecule has 0 saturated heterocycles. The fourth-order valence-corrected chi connectivity index (χ4v) is 2.51. The first-order valence-corrected chi connectivity index (χ1v) is 8.77. The van der Waals surface area contributed by atoms with Crippen LogP contribution in [0.2, 0.25) is 5.02 Å². The molecular weight excluding hydrogens is 356 g/mol. The lowest BCUT2D eigenvalue weighted by Crippen LogP contribution is -2.25. The van der Waals surface area contributed by atoms with Crippen molar-refractivity contribution in [2.45, 2.75) is 26.2 Å². The molecular formula is C18H23ClN4O3. The number of carbonyl (C=O) groups excluding carboxylic acids is 1. The molecule has 0 saturated carbocycles. The summed E-state index contributed by atoms with van der Waals surface area (Å²) in [6, 6.07) is 6.64. The normalized spacial score (nSPS) is 10.3. The predicted octanol–water partition coefficient (Wildman–Crippen LogP) is 3.81. The molecule has 0 bridgehead atoms. The number of halogens is 1. The smallest absolute Gasteiger partial charge is 0.271 e. The number of anilines is 2. The molecule has 0 aliphatic carbocycles. The number of amides is 1. The molecule has 2 rings (SSSR count). The van der Waals surface area contributed by atoms with Crippen molar-refractivity contribution in [2.24, 2.45) is 0 Å². The molecule has 140 valence electrons. The van der Waals surface area contributed by atoms with E-state index >= 15 is 0 Å². The summed E-state index contributed by atoms with van der Waals surface area (Å²) in [5, 5.41) is 14.4. The second-order valence-electron chi connectivity index (χ2n) is 5.58. The van der Waals surface area contributed by atoms with Crippen LogP contribution in [0.4, 0.5) is 11.5 Å². The fraction of sp³-hybridized carbons (Fsp3) is 0.389. The molecule has 7 nitrogen and oxygen atoms in total. The Bertz CT molecular complexity index is 738. The zero-order valence-electron chi connectivity index (χ0n) is 15.1. The van der Waals surface area contributed by atoms with E-state index in [0.717, 1.165) is 19.3 Å². The van der Waals surface area contributed by atoms with Crippen LogP contribution in [0.3, 0.4) is 0 Å². The Labute approximate surface area is 158 Å². The van der Waals surface area contributed by atoms with Gasteiger partial charge in [0, 0.05) is 18.7 Å². The third-order valence-electron chi connectivity index (χ3n) is 3.70. The third kappa shape index (κ3) is 5.23. The molecule has 1 aromatic heterocycles. The third-order valence-corrected chi connectivity index (χ3v) is 4.00. The number of carbonyl (C=O) groups is 1. The van der Waals surface area contributed by atoms with Crippen molar-refractivity contribution in [3.05, 3.63) is 35.0 Å². The highest BCUT2D eigenvalue weighted by Gasteiger charge is 2.12. The number of rotatable bonds is 9. The van der Waals surface area contributed by atoms with Gasteiger partial charge < -0.3 is 20.1 Å². The molecule has 0 radical (unpaired) electrons. The summed E-state index contributed by atoms with van der Waals surface area (Å²) in [5.74, 6) is 1.28. The van der Waals surface area contributed by atoms with Gasteiger partial charge in [-0.2, -0.15) is 0 Å². The summed E-state index contributed by atoms with van der Waals surface area (Å²) in [5.41, 5.74) is 0.896. The zero-order chi connectivity index (χ0) is 18.9. The van der Waals surface area contributed by atoms with Gasteiger partial charge in [-0.25, -0.2) is 0 Å². The SMILES string of the molecule is CCCCCNC(=O)c1ccc(Nc2cc(OC)c(Cl)cc2OC)nn1. The molecule has 1 amide bonds. The van der Waals surface area contributed by atoms with Crippen molar-refractivity contribution < 1.29 is 14.3 Å². The lowest BCUT2D eigenvalue weighted by molar-refractivity contribution is 0.0947. The molecule has 0 spiro atoms. The van der Waals surface area contributed by atoms with E-state index < -0.39 is 0 Å². The van der Waals surface area contributed by atoms with Crippen LogP contribution in [0.15, 0.2) is 24.3 Å². The summed E-state index contributed by atoms with van der Waals surface area (Å²) in [6.07, 6.45) is 3.14. The molecule has 0 fully saturated rings. The van der Waals surface area contributed by atoms with Gasteiger partial charge >= 0.3 is 0 Å². The van der Waals surface area contributed by atoms with Crippen LogP contribution < -0.4 is 20.1 Å². The van der Waals surface area contributed by atoms with Gasteiger partial charge in [0.25, 0.3) is 5.91 Å². The van der Waals surface area contributed by atoms with E-state index in [1.165, 1.54) is 7.11 Å². The van der Waals surface area contributed by atoms with Crippen LogP contribution in [0.25, 0.3) is 0 Å². The van der Waals surface area contributed by atoms with Crippen molar-refractivity contribution in [3.63, 3.8) is 0 Å². The average molecular weight is 379 g/mol. The maximum absolute atomic E-state index is 12.0. The van der Waals surface area contributed by atoms with Gasteiger partial charge in [0.15, 0.2) is 11.5 Å². The monoisotopic (exact) mass is 378 g/mol. The molecule has 1 aromatic carbocycles. The van der Waals surface area contributed by atoms with Crippen LogP contribution in [-0.4, -0.2) is 36.9 Å². The van der Waals surface area contributed by atoms with E-state index in [2.05, 4.69) is 27.8 Å². The highest BCUT2D eigenvalue weighted by Crippen LogP contribution is 2.36. The second kappa shape index (κ2) is 9.82. The summed E-state index contributed by atoms with van der Waals surface area (Å²) in [7, 11) is 3.08. The molecule has 0 unspecified atom stereocenters. The molecule has 0 atom stereocenters. The van der Waals surface area contributed by atoms with Crippen molar-refractivity contribution >= 4 is 29.0 Å². The minimum Gasteiger partial charge on any atom is -0.495 e. The molecule has 0 aliphatic rings. The first kappa shape index (κ1) is 19.8. The summed E-state index contributed by atoms with van der Waals surface area (Å²) in [6.45, 7) is 2.75. The fourth-order valence-electron chi connectivity index (χ4n) is 2.28. The number of nitrogens with zero attached hydrogens (tertiary/aromatic N) is 2. The van der Waals surface area contributed by atoms with Crippen LogP contribution in [0.5, 0.6) is 11.5 Å². The molecule has 0 aliphatic heterocycles. The Morgan fingerprint density at radius 3 is 2.50 bits per heavy atom.